The summed E-state index contributed by atoms with van der Waals surface area (Å²) in [7, 11) is 0. The van der Waals surface area contributed by atoms with Gasteiger partial charge in [-0.2, -0.15) is 0 Å². The number of nitrogen functional groups attached to an aromatic ring is 3. The molecule has 0 aliphatic heterocycles. The molecule has 0 bridgehead atoms. The smallest absolute Gasteiger partial charge is 0.314 e. The number of nitrogens with two attached hydrogens (primary N) is 3. The van der Waals surface area contributed by atoms with E-state index in [1.165, 1.54) is 0 Å². The van der Waals surface area contributed by atoms with Crippen LogP contribution in [-0.2, 0) is 0 Å². The van der Waals surface area contributed by atoms with Gasteiger partial charge in [0.1, 0.15) is 0 Å². The van der Waals surface area contributed by atoms with Crippen LogP contribution in [0.1, 0.15) is 0 Å². The van der Waals surface area contributed by atoms with Gasteiger partial charge in [0, 0.05) is 0 Å². The third-order valence-corrected chi connectivity index (χ3v) is 1.12. The lowest BCUT2D eigenvalue weighted by Crippen LogP contribution is -2.31. The van der Waals surface area contributed by atoms with Crippen LogP contribution in [0.4, 0.5) is 17.6 Å². The first-order chi connectivity index (χ1) is 4.55. The summed E-state index contributed by atoms with van der Waals surface area (Å²) in [6, 6.07) is 0. The molecule has 7 heteroatoms. The second-order valence-corrected chi connectivity index (χ2v) is 1.72. The number of anilines is 3. The second-order valence-electron chi connectivity index (χ2n) is 1.72. The van der Waals surface area contributed by atoms with Crippen molar-refractivity contribution >= 4 is 17.6 Å². The lowest BCUT2D eigenvalue weighted by atomic mass is 10.7. The highest BCUT2D eigenvalue weighted by atomic mass is 16.5. The van der Waals surface area contributed by atoms with Crippen molar-refractivity contribution in [1.29, 1.82) is 0 Å². The van der Waals surface area contributed by atoms with Crippen LogP contribution in [0.25, 0.3) is 0 Å². The van der Waals surface area contributed by atoms with E-state index < -0.39 is 5.95 Å². The molecule has 1 aromatic heterocycles. The summed E-state index contributed by atoms with van der Waals surface area (Å²) in [5.74, 6) is -1.30. The van der Waals surface area contributed by atoms with E-state index in [-0.39, 0.29) is 21.1 Å². The highest BCUT2D eigenvalue weighted by Gasteiger charge is 2.11. The fraction of sp³-hybridized carbons (Fsp3) is 0. The predicted molar refractivity (Wildman–Crippen MR) is 35.4 cm³/mol. The van der Waals surface area contributed by atoms with Crippen LogP contribution in [0, 0.1) is 10.4 Å². The van der Waals surface area contributed by atoms with Gasteiger partial charge in [0.2, 0.25) is 11.6 Å². The van der Waals surface area contributed by atoms with Gasteiger partial charge < -0.3 is 27.6 Å². The molecule has 56 valence electrons. The van der Waals surface area contributed by atoms with Crippen molar-refractivity contribution in [2.75, 3.05) is 17.2 Å². The maximum Gasteiger partial charge on any atom is 0.314 e. The van der Waals surface area contributed by atoms with Gasteiger partial charge in [-0.15, -0.1) is 0 Å². The molecule has 10 heavy (non-hydrogen) atoms. The van der Waals surface area contributed by atoms with E-state index in [1.807, 2.05) is 0 Å². The number of hydrogen-bond donors (Lipinski definition) is 3. The van der Waals surface area contributed by atoms with E-state index in [1.54, 1.807) is 0 Å². The fourth-order valence-corrected chi connectivity index (χ4v) is 0.537. The molecule has 0 spiro atoms. The number of imidazole rings is 1. The van der Waals surface area contributed by atoms with Crippen molar-refractivity contribution in [3.63, 3.8) is 0 Å². The topological polar surface area (TPSA) is 133 Å². The Morgan fingerprint density at radius 3 is 1.90 bits per heavy atom. The lowest BCUT2D eigenvalue weighted by molar-refractivity contribution is -0.573. The summed E-state index contributed by atoms with van der Waals surface area (Å²) in [5, 5.41) is 21.2. The van der Waals surface area contributed by atoms with Crippen LogP contribution < -0.4 is 21.9 Å². The standard InChI is InChI=1S/C3H6N5O2/c4-1-2(5)8(10)3(6)7(1)9/h4-6H2/q-1. The molecule has 0 aromatic carbocycles. The molecule has 1 rings (SSSR count). The van der Waals surface area contributed by atoms with Gasteiger partial charge in [0.25, 0.3) is 0 Å². The first-order valence-electron chi connectivity index (χ1n) is 2.38. The Morgan fingerprint density at radius 2 is 1.80 bits per heavy atom. The zero-order valence-corrected chi connectivity index (χ0v) is 4.94. The van der Waals surface area contributed by atoms with Crippen LogP contribution in [0.2, 0.25) is 0 Å². The Labute approximate surface area is 55.8 Å². The molecule has 0 saturated carbocycles. The Balaban J connectivity index is 3.44. The largest absolute Gasteiger partial charge is 0.755 e. The third kappa shape index (κ3) is 0.508. The van der Waals surface area contributed by atoms with Gasteiger partial charge in [0.15, 0.2) is 0 Å². The number of hydrogen-bond acceptors (Lipinski definition) is 5. The summed E-state index contributed by atoms with van der Waals surface area (Å²) >= 11 is 0. The first kappa shape index (κ1) is 6.33. The average molecular weight is 144 g/mol. The van der Waals surface area contributed by atoms with Gasteiger partial charge in [0.05, 0.1) is 0 Å². The molecule has 1 aromatic rings. The van der Waals surface area contributed by atoms with E-state index in [4.69, 9.17) is 17.2 Å². The van der Waals surface area contributed by atoms with E-state index in [2.05, 4.69) is 0 Å². The molecule has 0 atom stereocenters. The SMILES string of the molecule is Nc1c(N)[n+]([O-])c(N)n1[O-]. The predicted octanol–water partition coefficient (Wildman–Crippen LogP) is -1.79. The Hall–Kier alpha value is -1.79. The lowest BCUT2D eigenvalue weighted by Gasteiger charge is -2.04. The summed E-state index contributed by atoms with van der Waals surface area (Å²) in [6.45, 7) is 0. The Kier molecular flexibility index (Phi) is 1.01. The Bertz CT molecular complexity index is 186. The van der Waals surface area contributed by atoms with Crippen molar-refractivity contribution < 1.29 is 4.73 Å². The number of nitrogens with zero attached hydrogens (tertiary/aromatic N) is 2. The summed E-state index contributed by atoms with van der Waals surface area (Å²) < 4.78 is 0.144. The van der Waals surface area contributed by atoms with Crippen LogP contribution >= 0.6 is 0 Å². The average Bonchev–Trinajstić information content (AvgIpc) is 2.07. The number of aromatic nitrogens is 2. The van der Waals surface area contributed by atoms with Crippen LogP contribution in [0.5, 0.6) is 0 Å². The number of rotatable bonds is 0. The summed E-state index contributed by atoms with van der Waals surface area (Å²) in [6.07, 6.45) is 0. The highest BCUT2D eigenvalue weighted by molar-refractivity contribution is 5.53. The normalized spacial score (nSPS) is 10.0. The monoisotopic (exact) mass is 144 g/mol. The quantitative estimate of drug-likeness (QED) is 0.292. The summed E-state index contributed by atoms with van der Waals surface area (Å²) in [5.41, 5.74) is 15.0. The zero-order valence-electron chi connectivity index (χ0n) is 4.94. The van der Waals surface area contributed by atoms with Crippen molar-refractivity contribution in [2.24, 2.45) is 0 Å². The zero-order chi connectivity index (χ0) is 7.89. The molecular weight excluding hydrogens is 138 g/mol. The second kappa shape index (κ2) is 1.59. The van der Waals surface area contributed by atoms with Crippen molar-refractivity contribution in [1.82, 2.24) is 4.73 Å². The molecule has 0 saturated heterocycles. The van der Waals surface area contributed by atoms with Gasteiger partial charge >= 0.3 is 5.95 Å². The van der Waals surface area contributed by atoms with Gasteiger partial charge in [-0.1, -0.05) is 0 Å². The highest BCUT2D eigenvalue weighted by Crippen LogP contribution is 2.12. The fourth-order valence-electron chi connectivity index (χ4n) is 0.537. The molecule has 1 heterocycles. The van der Waals surface area contributed by atoms with Crippen LogP contribution in [-0.4, -0.2) is 4.73 Å². The van der Waals surface area contributed by atoms with Crippen LogP contribution in [0.3, 0.4) is 0 Å². The van der Waals surface area contributed by atoms with Crippen molar-refractivity contribution in [3.05, 3.63) is 10.4 Å². The molecule has 7 nitrogen and oxygen atoms in total. The molecule has 6 N–H and O–H groups in total. The van der Waals surface area contributed by atoms with E-state index in [9.17, 15) is 10.4 Å². The van der Waals surface area contributed by atoms with E-state index in [0.29, 0.717) is 0 Å². The van der Waals surface area contributed by atoms with Gasteiger partial charge in [-0.05, 0) is 0 Å². The van der Waals surface area contributed by atoms with Crippen molar-refractivity contribution in [2.45, 2.75) is 0 Å². The summed E-state index contributed by atoms with van der Waals surface area (Å²) in [4.78, 5) is 0. The molecular formula is C3H6N5O2-. The maximum absolute atomic E-state index is 10.6. The molecule has 0 aliphatic rings. The molecule has 0 fully saturated rings. The molecule has 0 aliphatic carbocycles. The first-order valence-corrected chi connectivity index (χ1v) is 2.38. The molecule has 0 amide bonds. The van der Waals surface area contributed by atoms with E-state index >= 15 is 0 Å². The maximum atomic E-state index is 10.6. The molecule has 0 radical (unpaired) electrons. The van der Waals surface area contributed by atoms with Gasteiger partial charge in [-0.3, -0.25) is 4.73 Å². The Morgan fingerprint density at radius 1 is 1.30 bits per heavy atom. The minimum absolute atomic E-state index is 0.0718. The van der Waals surface area contributed by atoms with E-state index in [0.717, 1.165) is 0 Å². The van der Waals surface area contributed by atoms with Gasteiger partial charge in [-0.25, -0.2) is 4.73 Å². The van der Waals surface area contributed by atoms with Crippen LogP contribution in [0.15, 0.2) is 0 Å². The third-order valence-electron chi connectivity index (χ3n) is 1.12. The van der Waals surface area contributed by atoms with Crippen molar-refractivity contribution in [3.8, 4) is 0 Å². The minimum Gasteiger partial charge on any atom is -0.755 e. The minimum atomic E-state index is -0.560. The molecule has 0 unspecified atom stereocenters.